The number of nitrogens with one attached hydrogen (secondary N) is 2. The van der Waals surface area contributed by atoms with E-state index in [1.165, 1.54) is 11.1 Å². The van der Waals surface area contributed by atoms with E-state index in [1.807, 2.05) is 49.4 Å². The second-order valence-electron chi connectivity index (χ2n) is 8.90. The van der Waals surface area contributed by atoms with Crippen LogP contribution < -0.4 is 20.3 Å². The van der Waals surface area contributed by atoms with Gasteiger partial charge in [-0.1, -0.05) is 42.5 Å². The number of carbonyl (C=O) groups excluding carboxylic acids is 2. The zero-order chi connectivity index (χ0) is 24.4. The topological polar surface area (TPSA) is 90.9 Å². The van der Waals surface area contributed by atoms with Crippen molar-refractivity contribution in [1.29, 1.82) is 0 Å². The molecule has 3 aromatic rings. The molecule has 2 aliphatic heterocycles. The van der Waals surface area contributed by atoms with Gasteiger partial charge in [0, 0.05) is 30.4 Å². The lowest BCUT2D eigenvalue weighted by Gasteiger charge is -2.30. The summed E-state index contributed by atoms with van der Waals surface area (Å²) in [5, 5.41) is 17.0. The number of carbonyl (C=O) groups is 2. The Balaban J connectivity index is 0.00000304. The summed E-state index contributed by atoms with van der Waals surface area (Å²) in [7, 11) is 0. The number of anilines is 1. The van der Waals surface area contributed by atoms with E-state index in [2.05, 4.69) is 22.8 Å². The first-order valence-corrected chi connectivity index (χ1v) is 12.0. The second-order valence-corrected chi connectivity index (χ2v) is 8.90. The number of nitrogens with zero attached hydrogens (tertiary/aromatic N) is 1. The number of hydrogen-bond acceptors (Lipinski definition) is 5. The number of para-hydroxylation sites is 1. The SMILES string of the molecule is CCOc1cc2c(cc1C(=O)NCC(O)[C@@H]1Cc3ccccc3CN1)CN(c1ccccc1)C2=O.Cl. The van der Waals surface area contributed by atoms with Crippen molar-refractivity contribution >= 4 is 29.9 Å². The molecule has 1 unspecified atom stereocenters. The van der Waals surface area contributed by atoms with Gasteiger partial charge < -0.3 is 25.4 Å². The van der Waals surface area contributed by atoms with Gasteiger partial charge in [0.15, 0.2) is 0 Å². The number of fused-ring (bicyclic) bond motifs is 2. The highest BCUT2D eigenvalue weighted by Gasteiger charge is 2.31. The molecule has 3 aromatic carbocycles. The Labute approximate surface area is 216 Å². The van der Waals surface area contributed by atoms with Crippen LogP contribution in [0.15, 0.2) is 66.7 Å². The van der Waals surface area contributed by atoms with Crippen molar-refractivity contribution in [2.24, 2.45) is 0 Å². The standard InChI is InChI=1S/C28H29N3O4.ClH/c1-2-35-26-14-22-20(17-31(28(22)34)21-10-4-3-5-11-21)12-23(26)27(33)30-16-25(32)24-13-18-8-6-7-9-19(18)15-29-24;/h3-12,14,24-25,29,32H,2,13,15-17H2,1H3,(H,30,33);1H/t24-,25?;/m0./s1. The van der Waals surface area contributed by atoms with Crippen LogP contribution in [0.2, 0.25) is 0 Å². The van der Waals surface area contributed by atoms with Crippen LogP contribution >= 0.6 is 12.4 Å². The maximum atomic E-state index is 13.1. The van der Waals surface area contributed by atoms with Crippen molar-refractivity contribution in [3.63, 3.8) is 0 Å². The van der Waals surface area contributed by atoms with Crippen LogP contribution in [0.4, 0.5) is 5.69 Å². The smallest absolute Gasteiger partial charge is 0.259 e. The largest absolute Gasteiger partial charge is 0.493 e. The predicted octanol–water partition coefficient (Wildman–Crippen LogP) is 3.47. The van der Waals surface area contributed by atoms with E-state index in [9.17, 15) is 14.7 Å². The number of amides is 2. The van der Waals surface area contributed by atoms with Gasteiger partial charge in [0.1, 0.15) is 5.75 Å². The van der Waals surface area contributed by atoms with E-state index in [-0.39, 0.29) is 36.8 Å². The van der Waals surface area contributed by atoms with Gasteiger partial charge in [-0.25, -0.2) is 0 Å². The van der Waals surface area contributed by atoms with Crippen LogP contribution in [0, 0.1) is 0 Å². The number of halogens is 1. The van der Waals surface area contributed by atoms with E-state index in [0.29, 0.717) is 43.0 Å². The molecule has 2 heterocycles. The first kappa shape index (κ1) is 25.7. The van der Waals surface area contributed by atoms with Crippen molar-refractivity contribution < 1.29 is 19.4 Å². The molecule has 188 valence electrons. The maximum absolute atomic E-state index is 13.1. The Morgan fingerprint density at radius 3 is 2.58 bits per heavy atom. The zero-order valence-electron chi connectivity index (χ0n) is 20.1. The number of rotatable bonds is 7. The van der Waals surface area contributed by atoms with E-state index in [4.69, 9.17) is 4.74 Å². The third-order valence-electron chi connectivity index (χ3n) is 6.67. The van der Waals surface area contributed by atoms with Gasteiger partial charge in [-0.05, 0) is 54.3 Å². The molecule has 2 aliphatic rings. The highest BCUT2D eigenvalue weighted by molar-refractivity contribution is 6.11. The Morgan fingerprint density at radius 1 is 1.11 bits per heavy atom. The van der Waals surface area contributed by atoms with Crippen molar-refractivity contribution in [1.82, 2.24) is 10.6 Å². The fourth-order valence-electron chi connectivity index (χ4n) is 4.80. The van der Waals surface area contributed by atoms with E-state index < -0.39 is 6.10 Å². The minimum atomic E-state index is -0.743. The van der Waals surface area contributed by atoms with E-state index in [0.717, 1.165) is 11.3 Å². The molecular formula is C28H30ClN3O4. The molecule has 0 radical (unpaired) electrons. The van der Waals surface area contributed by atoms with Crippen molar-refractivity contribution in [3.05, 3.63) is 94.5 Å². The summed E-state index contributed by atoms with van der Waals surface area (Å²) >= 11 is 0. The molecule has 0 saturated carbocycles. The van der Waals surface area contributed by atoms with Crippen molar-refractivity contribution in [2.75, 3.05) is 18.1 Å². The quantitative estimate of drug-likeness (QED) is 0.455. The fraction of sp³-hybridized carbons (Fsp3) is 0.286. The van der Waals surface area contributed by atoms with Crippen molar-refractivity contribution in [3.8, 4) is 5.75 Å². The molecule has 8 heteroatoms. The Morgan fingerprint density at radius 2 is 1.83 bits per heavy atom. The van der Waals surface area contributed by atoms with Gasteiger partial charge in [-0.2, -0.15) is 0 Å². The van der Waals surface area contributed by atoms with Crippen LogP contribution in [0.5, 0.6) is 5.75 Å². The molecule has 0 aliphatic carbocycles. The summed E-state index contributed by atoms with van der Waals surface area (Å²) in [6.45, 7) is 3.39. The van der Waals surface area contributed by atoms with Crippen LogP contribution in [0.25, 0.3) is 0 Å². The van der Waals surface area contributed by atoms with Crippen LogP contribution in [-0.2, 0) is 19.5 Å². The average Bonchev–Trinajstić information content (AvgIpc) is 3.22. The summed E-state index contributed by atoms with van der Waals surface area (Å²) in [5.41, 5.74) is 4.94. The lowest BCUT2D eigenvalue weighted by Crippen LogP contribution is -2.49. The molecule has 7 nitrogen and oxygen atoms in total. The first-order chi connectivity index (χ1) is 17.0. The van der Waals surface area contributed by atoms with Gasteiger partial charge in [0.05, 0.1) is 24.8 Å². The molecule has 0 fully saturated rings. The minimum Gasteiger partial charge on any atom is -0.493 e. The molecule has 0 bridgehead atoms. The Bertz CT molecular complexity index is 1250. The molecule has 0 spiro atoms. The summed E-state index contributed by atoms with van der Waals surface area (Å²) in [4.78, 5) is 27.9. The highest BCUT2D eigenvalue weighted by Crippen LogP contribution is 2.33. The number of ether oxygens (including phenoxy) is 1. The number of aliphatic hydroxyl groups excluding tert-OH is 1. The van der Waals surface area contributed by atoms with Crippen LogP contribution in [0.1, 0.15) is 44.3 Å². The zero-order valence-corrected chi connectivity index (χ0v) is 20.9. The monoisotopic (exact) mass is 507 g/mol. The molecular weight excluding hydrogens is 478 g/mol. The van der Waals surface area contributed by atoms with Gasteiger partial charge in [-0.3, -0.25) is 9.59 Å². The molecule has 2 amide bonds. The normalized spacial score (nSPS) is 17.0. The molecule has 2 atom stereocenters. The number of aliphatic hydroxyl groups is 1. The summed E-state index contributed by atoms with van der Waals surface area (Å²) in [6.07, 6.45) is -0.0411. The lowest BCUT2D eigenvalue weighted by molar-refractivity contribution is 0.0866. The second kappa shape index (κ2) is 11.1. The Hall–Kier alpha value is -3.39. The van der Waals surface area contributed by atoms with Gasteiger partial charge in [0.25, 0.3) is 11.8 Å². The maximum Gasteiger partial charge on any atom is 0.259 e. The van der Waals surface area contributed by atoms with Gasteiger partial charge in [-0.15, -0.1) is 12.4 Å². The van der Waals surface area contributed by atoms with Crippen molar-refractivity contribution in [2.45, 2.75) is 38.6 Å². The van der Waals surface area contributed by atoms with Crippen LogP contribution in [-0.4, -0.2) is 42.2 Å². The third kappa shape index (κ3) is 5.09. The average molecular weight is 508 g/mol. The lowest BCUT2D eigenvalue weighted by atomic mass is 9.93. The van der Waals surface area contributed by atoms with Gasteiger partial charge >= 0.3 is 0 Å². The number of benzene rings is 3. The minimum absolute atomic E-state index is 0. The number of hydrogen-bond donors (Lipinski definition) is 3. The molecule has 3 N–H and O–H groups in total. The third-order valence-corrected chi connectivity index (χ3v) is 6.67. The predicted molar refractivity (Wildman–Crippen MR) is 141 cm³/mol. The van der Waals surface area contributed by atoms with E-state index >= 15 is 0 Å². The summed E-state index contributed by atoms with van der Waals surface area (Å²) in [6, 6.07) is 20.9. The molecule has 5 rings (SSSR count). The van der Waals surface area contributed by atoms with E-state index in [1.54, 1.807) is 17.0 Å². The fourth-order valence-corrected chi connectivity index (χ4v) is 4.80. The molecule has 0 saturated heterocycles. The molecule has 0 aromatic heterocycles. The summed E-state index contributed by atoms with van der Waals surface area (Å²) in [5.74, 6) is -0.0819. The van der Waals surface area contributed by atoms with Gasteiger partial charge in [0.2, 0.25) is 0 Å². The first-order valence-electron chi connectivity index (χ1n) is 12.0. The van der Waals surface area contributed by atoms with Crippen LogP contribution in [0.3, 0.4) is 0 Å². The molecule has 36 heavy (non-hydrogen) atoms. The highest BCUT2D eigenvalue weighted by atomic mass is 35.5. The Kier molecular flexibility index (Phi) is 7.94. The summed E-state index contributed by atoms with van der Waals surface area (Å²) < 4.78 is 5.73.